The van der Waals surface area contributed by atoms with Gasteiger partial charge in [-0.25, -0.2) is 14.2 Å². The van der Waals surface area contributed by atoms with Crippen LogP contribution in [-0.2, 0) is 31.8 Å². The number of halogens is 1. The molecule has 3 fully saturated rings. The summed E-state index contributed by atoms with van der Waals surface area (Å²) in [6, 6.07) is 8.48. The molecule has 3 atom stereocenters. The molecule has 1 aromatic heterocycles. The highest BCUT2D eigenvalue weighted by molar-refractivity contribution is 5.79. The third-order valence-electron chi connectivity index (χ3n) is 9.48. The lowest BCUT2D eigenvalue weighted by Gasteiger charge is -2.34. The highest BCUT2D eigenvalue weighted by atomic mass is 19.1. The molecule has 8 heteroatoms. The molecule has 1 aliphatic carbocycles. The number of esters is 1. The molecule has 7 nitrogen and oxygen atoms in total. The summed E-state index contributed by atoms with van der Waals surface area (Å²) in [5, 5.41) is 3.42. The van der Waals surface area contributed by atoms with E-state index < -0.39 is 11.6 Å². The Morgan fingerprint density at radius 1 is 1.19 bits per heavy atom. The lowest BCUT2D eigenvalue weighted by molar-refractivity contribution is -0.161. The van der Waals surface area contributed by atoms with E-state index >= 15 is 0 Å². The molecular weight excluding hydrogens is 545 g/mol. The minimum Gasteiger partial charge on any atom is -0.459 e. The lowest BCUT2D eigenvalue weighted by atomic mass is 9.88. The zero-order valence-electron chi connectivity index (χ0n) is 26.1. The van der Waals surface area contributed by atoms with E-state index in [2.05, 4.69) is 22.3 Å². The van der Waals surface area contributed by atoms with Crippen molar-refractivity contribution in [2.45, 2.75) is 109 Å². The first-order valence-electron chi connectivity index (χ1n) is 16.4. The summed E-state index contributed by atoms with van der Waals surface area (Å²) >= 11 is 0. The predicted molar refractivity (Wildman–Crippen MR) is 164 cm³/mol. The molecule has 0 bridgehead atoms. The molecule has 2 unspecified atom stereocenters. The van der Waals surface area contributed by atoms with Crippen LogP contribution in [-0.4, -0.2) is 60.4 Å². The summed E-state index contributed by atoms with van der Waals surface area (Å²) in [5.74, 6) is 0.355. The molecular formula is C35H48FN3O4. The van der Waals surface area contributed by atoms with E-state index in [0.717, 1.165) is 75.2 Å². The summed E-state index contributed by atoms with van der Waals surface area (Å²) in [4.78, 5) is 20.7. The summed E-state index contributed by atoms with van der Waals surface area (Å²) in [6.07, 6.45) is 10.3. The van der Waals surface area contributed by atoms with E-state index in [1.165, 1.54) is 37.0 Å². The van der Waals surface area contributed by atoms with Crippen LogP contribution >= 0.6 is 0 Å². The maximum Gasteiger partial charge on any atom is 0.328 e. The Morgan fingerprint density at radius 2 is 2.05 bits per heavy atom. The minimum atomic E-state index is -0.706. The Morgan fingerprint density at radius 3 is 2.81 bits per heavy atom. The van der Waals surface area contributed by atoms with Crippen LogP contribution in [0.5, 0.6) is 0 Å². The molecule has 0 radical (unpaired) electrons. The fourth-order valence-electron chi connectivity index (χ4n) is 6.88. The molecule has 3 aliphatic heterocycles. The first-order valence-corrected chi connectivity index (χ1v) is 16.4. The maximum atomic E-state index is 14.8. The largest absolute Gasteiger partial charge is 0.459 e. The van der Waals surface area contributed by atoms with E-state index in [9.17, 15) is 9.18 Å². The Bertz CT molecular complexity index is 1280. The summed E-state index contributed by atoms with van der Waals surface area (Å²) in [5.41, 5.74) is 3.72. The number of hydrogen-bond donors (Lipinski definition) is 1. The Hall–Kier alpha value is -2.55. The van der Waals surface area contributed by atoms with Crippen LogP contribution in [0.15, 0.2) is 30.3 Å². The fourth-order valence-corrected chi connectivity index (χ4v) is 6.88. The number of rotatable bonds is 10. The summed E-state index contributed by atoms with van der Waals surface area (Å²) < 4.78 is 33.3. The third-order valence-corrected chi connectivity index (χ3v) is 9.48. The number of carbonyl (C=O) groups is 1. The normalized spacial score (nSPS) is 23.9. The number of nitrogens with zero attached hydrogens (tertiary/aromatic N) is 2. The number of carbonyl (C=O) groups excluding carboxylic acids is 1. The van der Waals surface area contributed by atoms with Crippen LogP contribution in [0.4, 0.5) is 10.2 Å². The molecule has 0 amide bonds. The molecule has 6 rings (SSSR count). The van der Waals surface area contributed by atoms with Crippen molar-refractivity contribution < 1.29 is 23.4 Å². The van der Waals surface area contributed by atoms with Crippen molar-refractivity contribution in [3.63, 3.8) is 0 Å². The van der Waals surface area contributed by atoms with Crippen LogP contribution < -0.4 is 5.32 Å². The number of aromatic nitrogens is 1. The number of unbranched alkanes of at least 4 members (excludes halogenated alkanes) is 1. The molecule has 4 aliphatic rings. The predicted octanol–water partition coefficient (Wildman–Crippen LogP) is 6.71. The van der Waals surface area contributed by atoms with Gasteiger partial charge in [-0.3, -0.25) is 4.90 Å². The highest BCUT2D eigenvalue weighted by Gasteiger charge is 2.47. The molecule has 1 saturated carbocycles. The van der Waals surface area contributed by atoms with Crippen LogP contribution in [0.25, 0.3) is 0 Å². The second-order valence-corrected chi connectivity index (χ2v) is 14.1. The molecule has 1 N–H and O–H groups in total. The minimum absolute atomic E-state index is 0.0219. The molecule has 43 heavy (non-hydrogen) atoms. The van der Waals surface area contributed by atoms with Crippen molar-refractivity contribution in [2.24, 2.45) is 5.41 Å². The smallest absolute Gasteiger partial charge is 0.328 e. The first kappa shape index (κ1) is 30.5. The molecule has 1 aromatic carbocycles. The maximum absolute atomic E-state index is 14.8. The van der Waals surface area contributed by atoms with Gasteiger partial charge in [0.05, 0.1) is 18.8 Å². The zero-order chi connectivity index (χ0) is 30.0. The van der Waals surface area contributed by atoms with E-state index in [0.29, 0.717) is 30.7 Å². The standard InChI is InChI=1S/C35H48FN3O4/c1-34(2,3)43-33(40)31(29-21-25(36)10-12-28(29)30-13-15-35(16-17-35)23-42-30)39-19-14-27(22-39)41-20-5-4-8-26-11-9-24-7-6-18-37-32(24)38-26/h9-12,21,27,30-31H,4-8,13-20,22-23H2,1-3H3,(H,37,38)/t27-,30?,31?/m1/s1. The number of pyridine rings is 1. The van der Waals surface area contributed by atoms with Gasteiger partial charge in [0.1, 0.15) is 23.3 Å². The van der Waals surface area contributed by atoms with Gasteiger partial charge in [-0.1, -0.05) is 12.1 Å². The van der Waals surface area contributed by atoms with Crippen LogP contribution in [0.3, 0.4) is 0 Å². The van der Waals surface area contributed by atoms with Gasteiger partial charge in [0.2, 0.25) is 0 Å². The molecule has 1 spiro atoms. The highest BCUT2D eigenvalue weighted by Crippen LogP contribution is 2.55. The van der Waals surface area contributed by atoms with Gasteiger partial charge in [0.15, 0.2) is 0 Å². The van der Waals surface area contributed by atoms with Gasteiger partial charge >= 0.3 is 5.97 Å². The first-order chi connectivity index (χ1) is 20.7. The van der Waals surface area contributed by atoms with E-state index in [1.54, 1.807) is 0 Å². The molecule has 234 valence electrons. The van der Waals surface area contributed by atoms with E-state index in [4.69, 9.17) is 19.2 Å². The number of benzene rings is 1. The van der Waals surface area contributed by atoms with Crippen molar-refractivity contribution in [2.75, 3.05) is 38.2 Å². The number of fused-ring (bicyclic) bond motifs is 1. The van der Waals surface area contributed by atoms with Gasteiger partial charge in [-0.2, -0.15) is 0 Å². The molecule has 2 saturated heterocycles. The van der Waals surface area contributed by atoms with Gasteiger partial charge in [0.25, 0.3) is 0 Å². The SMILES string of the molecule is CC(C)(C)OC(=O)C(c1cc(F)ccc1C1CCC2(CC2)CO1)N1CC[C@@H](OCCCCc2ccc3c(n2)NCCC3)C1. The van der Waals surface area contributed by atoms with E-state index in [1.807, 2.05) is 26.8 Å². The fraction of sp³-hybridized carbons (Fsp3) is 0.657. The second-order valence-electron chi connectivity index (χ2n) is 14.1. The number of nitrogens with one attached hydrogen (secondary N) is 1. The van der Waals surface area contributed by atoms with Crippen molar-refractivity contribution >= 4 is 11.8 Å². The molecule has 2 aromatic rings. The Kier molecular flexibility index (Phi) is 9.09. The van der Waals surface area contributed by atoms with Gasteiger partial charge < -0.3 is 19.5 Å². The van der Waals surface area contributed by atoms with Gasteiger partial charge in [-0.15, -0.1) is 0 Å². The number of aryl methyl sites for hydroxylation is 2. The van der Waals surface area contributed by atoms with Crippen molar-refractivity contribution in [3.8, 4) is 0 Å². The number of anilines is 1. The average Bonchev–Trinajstić information content (AvgIpc) is 3.57. The average molecular weight is 594 g/mol. The van der Waals surface area contributed by atoms with Crippen molar-refractivity contribution in [3.05, 3.63) is 58.5 Å². The quantitative estimate of drug-likeness (QED) is 0.243. The zero-order valence-corrected chi connectivity index (χ0v) is 26.1. The van der Waals surface area contributed by atoms with Crippen molar-refractivity contribution in [1.82, 2.24) is 9.88 Å². The third kappa shape index (κ3) is 7.58. The Balaban J connectivity index is 1.08. The van der Waals surface area contributed by atoms with Crippen LogP contribution in [0.1, 0.15) is 107 Å². The summed E-state index contributed by atoms with van der Waals surface area (Å²) in [7, 11) is 0. The second kappa shape index (κ2) is 12.8. The number of hydrogen-bond acceptors (Lipinski definition) is 7. The molecule has 4 heterocycles. The van der Waals surface area contributed by atoms with Crippen molar-refractivity contribution in [1.29, 1.82) is 0 Å². The monoisotopic (exact) mass is 593 g/mol. The number of likely N-dealkylation sites (tertiary alicyclic amines) is 1. The van der Waals surface area contributed by atoms with Crippen LogP contribution in [0, 0.1) is 11.2 Å². The Labute approximate surface area is 255 Å². The summed E-state index contributed by atoms with van der Waals surface area (Å²) in [6.45, 7) is 9.32. The van der Waals surface area contributed by atoms with E-state index in [-0.39, 0.29) is 24.0 Å². The van der Waals surface area contributed by atoms with Crippen LogP contribution in [0.2, 0.25) is 0 Å². The topological polar surface area (TPSA) is 72.9 Å². The number of ether oxygens (including phenoxy) is 3. The van der Waals surface area contributed by atoms with Gasteiger partial charge in [-0.05, 0) is 125 Å². The van der Waals surface area contributed by atoms with Gasteiger partial charge in [0, 0.05) is 31.9 Å². The lowest BCUT2D eigenvalue weighted by Crippen LogP contribution is -2.38.